The highest BCUT2D eigenvalue weighted by Crippen LogP contribution is 2.09. The third-order valence-corrected chi connectivity index (χ3v) is 3.58. The number of hydrogen-bond acceptors (Lipinski definition) is 1. The van der Waals surface area contributed by atoms with E-state index in [4.69, 9.17) is 0 Å². The van der Waals surface area contributed by atoms with E-state index < -0.39 is 0 Å². The van der Waals surface area contributed by atoms with Gasteiger partial charge in [-0.15, -0.1) is 0 Å². The van der Waals surface area contributed by atoms with Gasteiger partial charge >= 0.3 is 0 Å². The van der Waals surface area contributed by atoms with Crippen LogP contribution in [0, 0.1) is 6.92 Å². The summed E-state index contributed by atoms with van der Waals surface area (Å²) in [6.07, 6.45) is 4.84. The van der Waals surface area contributed by atoms with Crippen molar-refractivity contribution in [3.05, 3.63) is 35.4 Å². The van der Waals surface area contributed by atoms with Gasteiger partial charge in [-0.25, -0.2) is 0 Å². The van der Waals surface area contributed by atoms with Gasteiger partial charge in [0.2, 0.25) is 5.91 Å². The van der Waals surface area contributed by atoms with E-state index in [1.165, 1.54) is 24.0 Å². The molecule has 100 valence electrons. The van der Waals surface area contributed by atoms with Crippen LogP contribution >= 0.6 is 15.9 Å². The van der Waals surface area contributed by atoms with Gasteiger partial charge < -0.3 is 5.32 Å². The zero-order chi connectivity index (χ0) is 13.2. The Morgan fingerprint density at radius 3 is 2.72 bits per heavy atom. The minimum Gasteiger partial charge on any atom is -0.356 e. The largest absolute Gasteiger partial charge is 0.356 e. The monoisotopic (exact) mass is 311 g/mol. The fourth-order valence-corrected chi connectivity index (χ4v) is 2.25. The summed E-state index contributed by atoms with van der Waals surface area (Å²) < 4.78 is 0. The van der Waals surface area contributed by atoms with Gasteiger partial charge in [0.25, 0.3) is 0 Å². The maximum absolute atomic E-state index is 11.6. The van der Waals surface area contributed by atoms with Gasteiger partial charge in [0.15, 0.2) is 0 Å². The molecule has 0 spiro atoms. The molecule has 0 atom stereocenters. The zero-order valence-corrected chi connectivity index (χ0v) is 12.6. The Kier molecular flexibility index (Phi) is 7.74. The average molecular weight is 312 g/mol. The fraction of sp³-hybridized carbons (Fsp3) is 0.533. The number of halogens is 1. The average Bonchev–Trinajstić information content (AvgIpc) is 2.37. The lowest BCUT2D eigenvalue weighted by Gasteiger charge is -2.06. The Bertz CT molecular complexity index is 365. The lowest BCUT2D eigenvalue weighted by atomic mass is 10.0. The second kappa shape index (κ2) is 9.15. The van der Waals surface area contributed by atoms with Crippen LogP contribution in [-0.2, 0) is 11.2 Å². The van der Waals surface area contributed by atoms with Crippen molar-refractivity contribution in [2.75, 3.05) is 11.9 Å². The molecule has 0 bridgehead atoms. The summed E-state index contributed by atoms with van der Waals surface area (Å²) in [5.74, 6) is 0.164. The van der Waals surface area contributed by atoms with Crippen molar-refractivity contribution in [2.45, 2.75) is 39.0 Å². The van der Waals surface area contributed by atoms with Crippen molar-refractivity contribution in [2.24, 2.45) is 0 Å². The van der Waals surface area contributed by atoms with E-state index in [9.17, 15) is 4.79 Å². The van der Waals surface area contributed by atoms with Crippen molar-refractivity contribution >= 4 is 21.8 Å². The number of unbranched alkanes of at least 4 members (excludes halogenated alkanes) is 2. The molecule has 0 fully saturated rings. The predicted octanol–water partition coefficient (Wildman–Crippen LogP) is 3.61. The molecule has 3 heteroatoms. The molecule has 1 aromatic carbocycles. The molecule has 1 rings (SSSR count). The third-order valence-electron chi connectivity index (χ3n) is 3.02. The molecule has 1 amide bonds. The van der Waals surface area contributed by atoms with Gasteiger partial charge in [-0.2, -0.15) is 0 Å². The Morgan fingerprint density at radius 1 is 1.22 bits per heavy atom. The molecule has 18 heavy (non-hydrogen) atoms. The summed E-state index contributed by atoms with van der Waals surface area (Å²) in [4.78, 5) is 11.6. The van der Waals surface area contributed by atoms with E-state index in [2.05, 4.69) is 40.3 Å². The van der Waals surface area contributed by atoms with Crippen LogP contribution in [-0.4, -0.2) is 17.8 Å². The summed E-state index contributed by atoms with van der Waals surface area (Å²) in [5, 5.41) is 4.03. The van der Waals surface area contributed by atoms with E-state index in [0.717, 1.165) is 24.7 Å². The first-order chi connectivity index (χ1) is 8.74. The number of benzene rings is 1. The molecule has 0 aliphatic carbocycles. The van der Waals surface area contributed by atoms with Crippen molar-refractivity contribution in [1.82, 2.24) is 5.32 Å². The van der Waals surface area contributed by atoms with Crippen molar-refractivity contribution in [3.63, 3.8) is 0 Å². The zero-order valence-electron chi connectivity index (χ0n) is 11.0. The van der Waals surface area contributed by atoms with Crippen molar-refractivity contribution in [3.8, 4) is 0 Å². The molecule has 2 nitrogen and oxygen atoms in total. The second-order valence-electron chi connectivity index (χ2n) is 4.53. The highest BCUT2D eigenvalue weighted by atomic mass is 79.9. The van der Waals surface area contributed by atoms with Crippen LogP contribution < -0.4 is 5.32 Å². The first kappa shape index (κ1) is 15.2. The maximum atomic E-state index is 11.6. The molecule has 0 radical (unpaired) electrons. The highest BCUT2D eigenvalue weighted by Gasteiger charge is 2.03. The first-order valence-corrected chi connectivity index (χ1v) is 7.73. The number of hydrogen-bond donors (Lipinski definition) is 1. The van der Waals surface area contributed by atoms with Crippen LogP contribution in [0.1, 0.15) is 36.8 Å². The van der Waals surface area contributed by atoms with E-state index in [0.29, 0.717) is 6.42 Å². The minimum absolute atomic E-state index is 0.164. The molecule has 0 saturated carbocycles. The molecule has 1 aromatic rings. The van der Waals surface area contributed by atoms with Crippen molar-refractivity contribution in [1.29, 1.82) is 0 Å². The number of aryl methyl sites for hydroxylation is 2. The maximum Gasteiger partial charge on any atom is 0.220 e. The molecule has 0 heterocycles. The lowest BCUT2D eigenvalue weighted by Crippen LogP contribution is -2.24. The molecule has 1 N–H and O–H groups in total. The SMILES string of the molecule is Cc1ccccc1CCC(=O)NCCCCCBr. The summed E-state index contributed by atoms with van der Waals surface area (Å²) in [6, 6.07) is 8.25. The van der Waals surface area contributed by atoms with Gasteiger partial charge in [0, 0.05) is 18.3 Å². The number of carbonyl (C=O) groups excluding carboxylic acids is 1. The second-order valence-corrected chi connectivity index (χ2v) is 5.32. The van der Waals surface area contributed by atoms with Crippen LogP contribution in [0.4, 0.5) is 0 Å². The van der Waals surface area contributed by atoms with Crippen LogP contribution in [0.5, 0.6) is 0 Å². The summed E-state index contributed by atoms with van der Waals surface area (Å²) in [6.45, 7) is 2.90. The smallest absolute Gasteiger partial charge is 0.220 e. The number of alkyl halides is 1. The van der Waals surface area contributed by atoms with Gasteiger partial charge in [-0.3, -0.25) is 4.79 Å². The molecule has 0 aliphatic rings. The minimum atomic E-state index is 0.164. The number of carbonyl (C=O) groups is 1. The normalized spacial score (nSPS) is 10.3. The third kappa shape index (κ3) is 6.20. The summed E-state index contributed by atoms with van der Waals surface area (Å²) in [7, 11) is 0. The van der Waals surface area contributed by atoms with E-state index in [-0.39, 0.29) is 5.91 Å². The van der Waals surface area contributed by atoms with Crippen molar-refractivity contribution < 1.29 is 4.79 Å². The van der Waals surface area contributed by atoms with E-state index >= 15 is 0 Å². The Labute approximate surface area is 118 Å². The summed E-state index contributed by atoms with van der Waals surface area (Å²) in [5.41, 5.74) is 2.54. The van der Waals surface area contributed by atoms with E-state index in [1.54, 1.807) is 0 Å². The van der Waals surface area contributed by atoms with Gasteiger partial charge in [0.05, 0.1) is 0 Å². The molecule has 0 aliphatic heterocycles. The Hall–Kier alpha value is -0.830. The first-order valence-electron chi connectivity index (χ1n) is 6.61. The number of nitrogens with one attached hydrogen (secondary N) is 1. The van der Waals surface area contributed by atoms with Gasteiger partial charge in [0.1, 0.15) is 0 Å². The lowest BCUT2D eigenvalue weighted by molar-refractivity contribution is -0.121. The summed E-state index contributed by atoms with van der Waals surface area (Å²) >= 11 is 3.40. The Morgan fingerprint density at radius 2 is 2.00 bits per heavy atom. The topological polar surface area (TPSA) is 29.1 Å². The predicted molar refractivity (Wildman–Crippen MR) is 80.2 cm³/mol. The van der Waals surface area contributed by atoms with Gasteiger partial charge in [-0.05, 0) is 37.3 Å². The highest BCUT2D eigenvalue weighted by molar-refractivity contribution is 9.09. The van der Waals surface area contributed by atoms with E-state index in [1.807, 2.05) is 12.1 Å². The molecule has 0 saturated heterocycles. The number of amides is 1. The van der Waals surface area contributed by atoms with Crippen LogP contribution in [0.2, 0.25) is 0 Å². The fourth-order valence-electron chi connectivity index (χ4n) is 1.85. The number of rotatable bonds is 8. The molecular weight excluding hydrogens is 290 g/mol. The molecule has 0 aromatic heterocycles. The van der Waals surface area contributed by atoms with Crippen LogP contribution in [0.25, 0.3) is 0 Å². The quantitative estimate of drug-likeness (QED) is 0.576. The van der Waals surface area contributed by atoms with Crippen LogP contribution in [0.3, 0.4) is 0 Å². The Balaban J connectivity index is 2.15. The standard InChI is InChI=1S/C15H22BrNO/c1-13-7-3-4-8-14(13)9-10-15(18)17-12-6-2-5-11-16/h3-4,7-8H,2,5-6,9-12H2,1H3,(H,17,18). The van der Waals surface area contributed by atoms with Crippen LogP contribution in [0.15, 0.2) is 24.3 Å². The molecule has 0 unspecified atom stereocenters. The molecular formula is C15H22BrNO. The van der Waals surface area contributed by atoms with Gasteiger partial charge in [-0.1, -0.05) is 46.6 Å².